The van der Waals surface area contributed by atoms with Gasteiger partial charge in [0.1, 0.15) is 0 Å². The Bertz CT molecular complexity index is 371. The Hall–Kier alpha value is -1.29. The molecule has 0 bridgehead atoms. The first-order valence-corrected chi connectivity index (χ1v) is 6.12. The summed E-state index contributed by atoms with van der Waals surface area (Å²) in [7, 11) is 2.01. The molecule has 0 radical (unpaired) electrons. The van der Waals surface area contributed by atoms with Crippen molar-refractivity contribution in [3.8, 4) is 0 Å². The molecule has 1 rings (SSSR count). The molecule has 3 N–H and O–H groups in total. The van der Waals surface area contributed by atoms with Gasteiger partial charge in [-0.1, -0.05) is 6.92 Å². The monoisotopic (exact) mass is 237 g/mol. The minimum atomic E-state index is 0.101. The molecule has 1 amide bonds. The lowest BCUT2D eigenvalue weighted by Gasteiger charge is -2.09. The Labute approximate surface area is 103 Å². The van der Waals surface area contributed by atoms with E-state index in [1.165, 1.54) is 5.69 Å². The van der Waals surface area contributed by atoms with Crippen molar-refractivity contribution >= 4 is 5.91 Å². The topological polar surface area (TPSA) is 60.1 Å². The van der Waals surface area contributed by atoms with E-state index >= 15 is 0 Å². The van der Waals surface area contributed by atoms with Crippen LogP contribution in [0.15, 0.2) is 12.1 Å². The number of carbonyl (C=O) groups excluding carboxylic acids is 1. The van der Waals surface area contributed by atoms with Crippen LogP contribution in [-0.4, -0.2) is 17.0 Å². The van der Waals surface area contributed by atoms with Crippen molar-refractivity contribution in [1.29, 1.82) is 0 Å². The molecule has 1 aromatic heterocycles. The molecule has 0 spiro atoms. The number of nitrogens with one attached hydrogen (secondary N) is 1. The lowest BCUT2D eigenvalue weighted by atomic mass is 10.1. The van der Waals surface area contributed by atoms with Crippen LogP contribution in [0.3, 0.4) is 0 Å². The van der Waals surface area contributed by atoms with Crippen molar-refractivity contribution in [3.05, 3.63) is 23.5 Å². The van der Waals surface area contributed by atoms with Crippen LogP contribution in [0.2, 0.25) is 0 Å². The lowest BCUT2D eigenvalue weighted by molar-refractivity contribution is -0.121. The average molecular weight is 237 g/mol. The van der Waals surface area contributed by atoms with Gasteiger partial charge in [0.05, 0.1) is 6.54 Å². The van der Waals surface area contributed by atoms with Gasteiger partial charge in [-0.15, -0.1) is 0 Å². The molecule has 1 aromatic rings. The van der Waals surface area contributed by atoms with Crippen molar-refractivity contribution < 1.29 is 4.79 Å². The van der Waals surface area contributed by atoms with Crippen LogP contribution in [0.5, 0.6) is 0 Å². The van der Waals surface area contributed by atoms with E-state index in [-0.39, 0.29) is 5.91 Å². The molecule has 0 fully saturated rings. The minimum absolute atomic E-state index is 0.101. The number of carbonyl (C=O) groups is 1. The summed E-state index contributed by atoms with van der Waals surface area (Å²) in [6.07, 6.45) is 1.41. The highest BCUT2D eigenvalue weighted by molar-refractivity contribution is 5.75. The molecule has 4 nitrogen and oxygen atoms in total. The first kappa shape index (κ1) is 13.8. The van der Waals surface area contributed by atoms with Crippen LogP contribution in [0.25, 0.3) is 0 Å². The molecule has 0 aliphatic carbocycles. The van der Waals surface area contributed by atoms with Crippen LogP contribution in [-0.2, 0) is 18.4 Å². The summed E-state index contributed by atoms with van der Waals surface area (Å²) in [6.45, 7) is 5.35. The van der Waals surface area contributed by atoms with Gasteiger partial charge < -0.3 is 15.6 Å². The smallest absolute Gasteiger partial charge is 0.220 e. The maximum atomic E-state index is 11.6. The van der Waals surface area contributed by atoms with Gasteiger partial charge >= 0.3 is 0 Å². The van der Waals surface area contributed by atoms with Gasteiger partial charge in [0, 0.05) is 24.9 Å². The summed E-state index contributed by atoms with van der Waals surface area (Å²) >= 11 is 0. The molecular formula is C13H23N3O. The normalized spacial score (nSPS) is 12.5. The van der Waals surface area contributed by atoms with Crippen molar-refractivity contribution in [3.63, 3.8) is 0 Å². The fourth-order valence-corrected chi connectivity index (χ4v) is 1.62. The molecule has 0 aliphatic rings. The molecule has 1 atom stereocenters. The molecule has 1 unspecified atom stereocenters. The summed E-state index contributed by atoms with van der Waals surface area (Å²) in [5, 5.41) is 2.93. The quantitative estimate of drug-likeness (QED) is 0.784. The van der Waals surface area contributed by atoms with E-state index < -0.39 is 0 Å². The lowest BCUT2D eigenvalue weighted by Crippen LogP contribution is -2.25. The van der Waals surface area contributed by atoms with Crippen LogP contribution in [0.4, 0.5) is 0 Å². The van der Waals surface area contributed by atoms with E-state index in [0.717, 1.165) is 12.1 Å². The predicted molar refractivity (Wildman–Crippen MR) is 69.4 cm³/mol. The summed E-state index contributed by atoms with van der Waals surface area (Å²) in [5.74, 6) is 0.516. The third-order valence-corrected chi connectivity index (χ3v) is 3.21. The van der Waals surface area contributed by atoms with Crippen LogP contribution in [0, 0.1) is 12.8 Å². The highest BCUT2D eigenvalue weighted by Crippen LogP contribution is 2.06. The number of nitrogens with zero attached hydrogens (tertiary/aromatic N) is 1. The Morgan fingerprint density at radius 1 is 1.53 bits per heavy atom. The third-order valence-electron chi connectivity index (χ3n) is 3.21. The highest BCUT2D eigenvalue weighted by Gasteiger charge is 2.06. The average Bonchev–Trinajstić information content (AvgIpc) is 2.64. The molecule has 1 heterocycles. The second kappa shape index (κ2) is 6.45. The molecule has 4 heteroatoms. The molecule has 17 heavy (non-hydrogen) atoms. The molecule has 0 aromatic carbocycles. The van der Waals surface area contributed by atoms with Gasteiger partial charge in [-0.25, -0.2) is 0 Å². The first-order chi connectivity index (χ1) is 8.04. The number of rotatable bonds is 6. The first-order valence-electron chi connectivity index (χ1n) is 6.12. The maximum absolute atomic E-state index is 11.6. The zero-order valence-corrected chi connectivity index (χ0v) is 11.0. The van der Waals surface area contributed by atoms with E-state index in [1.807, 2.05) is 20.0 Å². The van der Waals surface area contributed by atoms with Gasteiger partial charge in [-0.05, 0) is 37.9 Å². The Morgan fingerprint density at radius 2 is 2.24 bits per heavy atom. The van der Waals surface area contributed by atoms with E-state index in [1.54, 1.807) is 0 Å². The number of nitrogens with two attached hydrogens (primary N) is 1. The number of aryl methyl sites for hydroxylation is 1. The third kappa shape index (κ3) is 4.23. The Morgan fingerprint density at radius 3 is 2.76 bits per heavy atom. The SMILES string of the molecule is Cc1ccc(CNC(=O)CCC(C)CN)n1C. The fraction of sp³-hybridized carbons (Fsp3) is 0.615. The summed E-state index contributed by atoms with van der Waals surface area (Å²) in [6, 6.07) is 4.09. The van der Waals surface area contributed by atoms with Crippen molar-refractivity contribution in [2.45, 2.75) is 33.2 Å². The molecule has 0 saturated carbocycles. The largest absolute Gasteiger partial charge is 0.351 e. The van der Waals surface area contributed by atoms with Crippen LogP contribution in [0.1, 0.15) is 31.2 Å². The van der Waals surface area contributed by atoms with E-state index in [0.29, 0.717) is 25.4 Å². The standard InChI is InChI=1S/C13H23N3O/c1-10(8-14)4-7-13(17)15-9-12-6-5-11(2)16(12)3/h5-6,10H,4,7-9,14H2,1-3H3,(H,15,17). The molecule has 96 valence electrons. The van der Waals surface area contributed by atoms with Gasteiger partial charge in [0.2, 0.25) is 5.91 Å². The predicted octanol–water partition coefficient (Wildman–Crippen LogP) is 1.32. The number of amides is 1. The zero-order valence-electron chi connectivity index (χ0n) is 11.0. The second-order valence-electron chi connectivity index (χ2n) is 4.68. The van der Waals surface area contributed by atoms with Crippen molar-refractivity contribution in [2.24, 2.45) is 18.7 Å². The highest BCUT2D eigenvalue weighted by atomic mass is 16.1. The number of aromatic nitrogens is 1. The minimum Gasteiger partial charge on any atom is -0.351 e. The maximum Gasteiger partial charge on any atom is 0.220 e. The number of hydrogen-bond acceptors (Lipinski definition) is 2. The van der Waals surface area contributed by atoms with Crippen molar-refractivity contribution in [2.75, 3.05) is 6.54 Å². The Kier molecular flexibility index (Phi) is 5.22. The van der Waals surface area contributed by atoms with E-state index in [4.69, 9.17) is 5.73 Å². The van der Waals surface area contributed by atoms with Crippen molar-refractivity contribution in [1.82, 2.24) is 9.88 Å². The molecule has 0 saturated heterocycles. The Balaban J connectivity index is 2.31. The fourth-order valence-electron chi connectivity index (χ4n) is 1.62. The van der Waals surface area contributed by atoms with Gasteiger partial charge in [0.25, 0.3) is 0 Å². The van der Waals surface area contributed by atoms with E-state index in [2.05, 4.69) is 22.9 Å². The molecular weight excluding hydrogens is 214 g/mol. The van der Waals surface area contributed by atoms with Gasteiger partial charge in [-0.3, -0.25) is 4.79 Å². The molecule has 0 aliphatic heterocycles. The summed E-state index contributed by atoms with van der Waals surface area (Å²) in [5.41, 5.74) is 7.84. The number of hydrogen-bond donors (Lipinski definition) is 2. The van der Waals surface area contributed by atoms with Crippen LogP contribution < -0.4 is 11.1 Å². The second-order valence-corrected chi connectivity index (χ2v) is 4.68. The van der Waals surface area contributed by atoms with Gasteiger partial charge in [-0.2, -0.15) is 0 Å². The zero-order chi connectivity index (χ0) is 12.8. The van der Waals surface area contributed by atoms with Crippen LogP contribution >= 0.6 is 0 Å². The van der Waals surface area contributed by atoms with Gasteiger partial charge in [0.15, 0.2) is 0 Å². The summed E-state index contributed by atoms with van der Waals surface area (Å²) in [4.78, 5) is 11.6. The summed E-state index contributed by atoms with van der Waals surface area (Å²) < 4.78 is 2.09. The van der Waals surface area contributed by atoms with E-state index in [9.17, 15) is 4.79 Å².